The van der Waals surface area contributed by atoms with E-state index in [9.17, 15) is 0 Å². The highest BCUT2D eigenvalue weighted by atomic mass is 14.5. The normalized spacial score (nSPS) is 34.9. The van der Waals surface area contributed by atoms with Crippen molar-refractivity contribution in [1.82, 2.24) is 0 Å². The van der Waals surface area contributed by atoms with Crippen LogP contribution in [0.15, 0.2) is 0 Å². The van der Waals surface area contributed by atoms with Crippen LogP contribution in [0.25, 0.3) is 0 Å². The molecule has 0 aliphatic heterocycles. The van der Waals surface area contributed by atoms with Crippen LogP contribution < -0.4 is 0 Å². The van der Waals surface area contributed by atoms with Gasteiger partial charge in [-0.15, -0.1) is 0 Å². The highest BCUT2D eigenvalue weighted by Gasteiger charge is 2.42. The summed E-state index contributed by atoms with van der Waals surface area (Å²) in [6, 6.07) is 0. The van der Waals surface area contributed by atoms with Crippen LogP contribution >= 0.6 is 0 Å². The van der Waals surface area contributed by atoms with Gasteiger partial charge in [0.2, 0.25) is 0 Å². The standard InChI is InChI=1S/C11H22/c1-5-6-7-10-8-11(3,4)9(10)2/h9-10H,5-8H2,1-4H3. The first-order valence-electron chi connectivity index (χ1n) is 5.08. The van der Waals surface area contributed by atoms with Crippen LogP contribution in [0.5, 0.6) is 0 Å². The lowest BCUT2D eigenvalue weighted by Gasteiger charge is -2.50. The van der Waals surface area contributed by atoms with Crippen LogP contribution in [-0.4, -0.2) is 0 Å². The summed E-state index contributed by atoms with van der Waals surface area (Å²) in [7, 11) is 0. The van der Waals surface area contributed by atoms with Gasteiger partial charge >= 0.3 is 0 Å². The summed E-state index contributed by atoms with van der Waals surface area (Å²) in [5, 5.41) is 0. The monoisotopic (exact) mass is 154 g/mol. The maximum absolute atomic E-state index is 2.42. The third kappa shape index (κ3) is 1.77. The third-order valence-electron chi connectivity index (χ3n) is 3.66. The van der Waals surface area contributed by atoms with E-state index >= 15 is 0 Å². The van der Waals surface area contributed by atoms with Gasteiger partial charge in [0.25, 0.3) is 0 Å². The van der Waals surface area contributed by atoms with E-state index in [1.807, 2.05) is 0 Å². The fourth-order valence-electron chi connectivity index (χ4n) is 2.33. The zero-order valence-corrected chi connectivity index (χ0v) is 8.48. The van der Waals surface area contributed by atoms with Crippen molar-refractivity contribution in [1.29, 1.82) is 0 Å². The number of rotatable bonds is 3. The quantitative estimate of drug-likeness (QED) is 0.579. The zero-order chi connectivity index (χ0) is 8.48. The topological polar surface area (TPSA) is 0 Å². The number of hydrogen-bond acceptors (Lipinski definition) is 0. The second-order valence-corrected chi connectivity index (χ2v) is 4.88. The van der Waals surface area contributed by atoms with E-state index < -0.39 is 0 Å². The highest BCUT2D eigenvalue weighted by molar-refractivity contribution is 4.92. The van der Waals surface area contributed by atoms with Crippen molar-refractivity contribution >= 4 is 0 Å². The van der Waals surface area contributed by atoms with Crippen molar-refractivity contribution < 1.29 is 0 Å². The molecular formula is C11H22. The van der Waals surface area contributed by atoms with Crippen molar-refractivity contribution in [3.63, 3.8) is 0 Å². The SMILES string of the molecule is CCCCC1CC(C)(C)C1C. The Morgan fingerprint density at radius 1 is 1.36 bits per heavy atom. The molecule has 0 aromatic heterocycles. The largest absolute Gasteiger partial charge is 0.0654 e. The number of hydrogen-bond donors (Lipinski definition) is 0. The van der Waals surface area contributed by atoms with Crippen molar-refractivity contribution in [3.8, 4) is 0 Å². The first kappa shape index (κ1) is 9.09. The van der Waals surface area contributed by atoms with Gasteiger partial charge in [0.05, 0.1) is 0 Å². The molecule has 0 heterocycles. The van der Waals surface area contributed by atoms with Crippen molar-refractivity contribution in [2.75, 3.05) is 0 Å². The lowest BCUT2D eigenvalue weighted by molar-refractivity contribution is -0.00328. The molecule has 0 nitrogen and oxygen atoms in total. The summed E-state index contributed by atoms with van der Waals surface area (Å²) in [5.74, 6) is 2.01. The molecule has 1 aliphatic carbocycles. The fourth-order valence-corrected chi connectivity index (χ4v) is 2.33. The number of unbranched alkanes of at least 4 members (excludes halogenated alkanes) is 1. The van der Waals surface area contributed by atoms with Crippen LogP contribution in [0.3, 0.4) is 0 Å². The second-order valence-electron chi connectivity index (χ2n) is 4.88. The highest BCUT2D eigenvalue weighted by Crippen LogP contribution is 2.52. The summed E-state index contributed by atoms with van der Waals surface area (Å²) >= 11 is 0. The summed E-state index contributed by atoms with van der Waals surface area (Å²) in [6.07, 6.45) is 5.74. The van der Waals surface area contributed by atoms with E-state index in [0.717, 1.165) is 11.8 Å². The van der Waals surface area contributed by atoms with Crippen LogP contribution in [0, 0.1) is 17.3 Å². The van der Waals surface area contributed by atoms with Gasteiger partial charge in [0, 0.05) is 0 Å². The summed E-state index contributed by atoms with van der Waals surface area (Å²) in [4.78, 5) is 0. The lowest BCUT2D eigenvalue weighted by Crippen LogP contribution is -2.41. The van der Waals surface area contributed by atoms with Gasteiger partial charge in [-0.25, -0.2) is 0 Å². The molecule has 1 aliphatic rings. The molecule has 0 N–H and O–H groups in total. The van der Waals surface area contributed by atoms with Gasteiger partial charge in [0.15, 0.2) is 0 Å². The predicted molar refractivity (Wildman–Crippen MR) is 50.6 cm³/mol. The molecule has 66 valence electrons. The summed E-state index contributed by atoms with van der Waals surface area (Å²) in [6.45, 7) is 9.51. The Labute approximate surface area is 71.4 Å². The maximum Gasteiger partial charge on any atom is -0.0323 e. The predicted octanol–water partition coefficient (Wildman–Crippen LogP) is 3.86. The van der Waals surface area contributed by atoms with Crippen molar-refractivity contribution in [2.24, 2.45) is 17.3 Å². The Kier molecular flexibility index (Phi) is 2.61. The average molecular weight is 154 g/mol. The Morgan fingerprint density at radius 3 is 2.36 bits per heavy atom. The third-order valence-corrected chi connectivity index (χ3v) is 3.66. The zero-order valence-electron chi connectivity index (χ0n) is 8.48. The van der Waals surface area contributed by atoms with Crippen LogP contribution in [0.1, 0.15) is 53.4 Å². The molecule has 0 saturated heterocycles. The van der Waals surface area contributed by atoms with Gasteiger partial charge in [-0.05, 0) is 23.7 Å². The molecule has 0 spiro atoms. The Balaban J connectivity index is 2.22. The minimum absolute atomic E-state index is 0.651. The molecule has 1 saturated carbocycles. The molecule has 0 aromatic carbocycles. The summed E-state index contributed by atoms with van der Waals surface area (Å²) in [5.41, 5.74) is 0.651. The van der Waals surface area contributed by atoms with E-state index in [0.29, 0.717) is 5.41 Å². The molecule has 2 unspecified atom stereocenters. The Morgan fingerprint density at radius 2 is 2.00 bits per heavy atom. The average Bonchev–Trinajstić information content (AvgIpc) is 1.97. The second kappa shape index (κ2) is 3.16. The van der Waals surface area contributed by atoms with E-state index in [4.69, 9.17) is 0 Å². The molecule has 1 fully saturated rings. The molecule has 1 rings (SSSR count). The van der Waals surface area contributed by atoms with Crippen LogP contribution in [0.4, 0.5) is 0 Å². The maximum atomic E-state index is 2.42. The molecule has 2 atom stereocenters. The van der Waals surface area contributed by atoms with E-state index in [-0.39, 0.29) is 0 Å². The van der Waals surface area contributed by atoms with Gasteiger partial charge in [-0.2, -0.15) is 0 Å². The fraction of sp³-hybridized carbons (Fsp3) is 1.00. The molecule has 0 radical (unpaired) electrons. The first-order chi connectivity index (χ1) is 5.08. The smallest absolute Gasteiger partial charge is 0.0323 e. The molecule has 0 aromatic rings. The van der Waals surface area contributed by atoms with Crippen molar-refractivity contribution in [2.45, 2.75) is 53.4 Å². The molecular weight excluding hydrogens is 132 g/mol. The van der Waals surface area contributed by atoms with Gasteiger partial charge in [-0.3, -0.25) is 0 Å². The lowest BCUT2D eigenvalue weighted by atomic mass is 9.55. The minimum Gasteiger partial charge on any atom is -0.0654 e. The molecule has 0 amide bonds. The van der Waals surface area contributed by atoms with Gasteiger partial charge in [0.1, 0.15) is 0 Å². The minimum atomic E-state index is 0.651. The molecule has 11 heavy (non-hydrogen) atoms. The Bertz CT molecular complexity index is 124. The van der Waals surface area contributed by atoms with Gasteiger partial charge in [-0.1, -0.05) is 47.0 Å². The van der Waals surface area contributed by atoms with E-state index in [1.54, 1.807) is 0 Å². The molecule has 0 heteroatoms. The van der Waals surface area contributed by atoms with Crippen LogP contribution in [0.2, 0.25) is 0 Å². The molecule has 0 bridgehead atoms. The van der Waals surface area contributed by atoms with Crippen LogP contribution in [-0.2, 0) is 0 Å². The summed E-state index contributed by atoms with van der Waals surface area (Å²) < 4.78 is 0. The Hall–Kier alpha value is 0. The first-order valence-corrected chi connectivity index (χ1v) is 5.08. The van der Waals surface area contributed by atoms with E-state index in [1.165, 1.54) is 25.7 Å². The van der Waals surface area contributed by atoms with Crippen molar-refractivity contribution in [3.05, 3.63) is 0 Å². The van der Waals surface area contributed by atoms with Gasteiger partial charge < -0.3 is 0 Å². The van der Waals surface area contributed by atoms with E-state index in [2.05, 4.69) is 27.7 Å².